The summed E-state index contributed by atoms with van der Waals surface area (Å²) in [5, 5.41) is 21.4. The van der Waals surface area contributed by atoms with E-state index in [1.54, 1.807) is 55.5 Å². The lowest BCUT2D eigenvalue weighted by molar-refractivity contribution is -0.132. The van der Waals surface area contributed by atoms with Gasteiger partial charge in [-0.1, -0.05) is 12.1 Å². The van der Waals surface area contributed by atoms with Gasteiger partial charge in [0.05, 0.1) is 17.4 Å². The molecule has 0 bridgehead atoms. The number of ether oxygens (including phenoxy) is 1. The molecule has 0 spiro atoms. The molecule has 1 aliphatic heterocycles. The number of aliphatic hydroxyl groups excluding tert-OH is 1. The zero-order chi connectivity index (χ0) is 23.0. The summed E-state index contributed by atoms with van der Waals surface area (Å²) < 4.78 is 11.4. The van der Waals surface area contributed by atoms with E-state index in [4.69, 9.17) is 9.15 Å². The molecule has 3 aromatic rings. The van der Waals surface area contributed by atoms with Gasteiger partial charge in [0.15, 0.2) is 0 Å². The number of hydrogen-bond acceptors (Lipinski definition) is 6. The fourth-order valence-corrected chi connectivity index (χ4v) is 3.74. The number of Topliss-reactive ketones (excluding diaryl/α,β-unsaturated/α-hetero) is 1. The number of aromatic hydroxyl groups is 1. The fraction of sp³-hybridized carbons (Fsp3) is 0.200. The second-order valence-electron chi connectivity index (χ2n) is 7.80. The topological polar surface area (TPSA) is 100 Å². The molecular weight excluding hydrogens is 410 g/mol. The Morgan fingerprint density at radius 2 is 1.72 bits per heavy atom. The third-order valence-electron chi connectivity index (χ3n) is 5.12. The van der Waals surface area contributed by atoms with Crippen LogP contribution in [0, 0.1) is 6.92 Å². The summed E-state index contributed by atoms with van der Waals surface area (Å²) in [5.74, 6) is -0.748. The van der Waals surface area contributed by atoms with Gasteiger partial charge in [0.1, 0.15) is 34.8 Å². The summed E-state index contributed by atoms with van der Waals surface area (Å²) in [6.07, 6.45) is -0.0134. The van der Waals surface area contributed by atoms with Crippen molar-refractivity contribution in [3.05, 3.63) is 83.3 Å². The summed E-state index contributed by atoms with van der Waals surface area (Å²) in [4.78, 5) is 27.2. The molecule has 0 radical (unpaired) electrons. The van der Waals surface area contributed by atoms with E-state index in [0.29, 0.717) is 22.8 Å². The molecule has 0 aliphatic carbocycles. The number of benzene rings is 2. The highest BCUT2D eigenvalue weighted by Crippen LogP contribution is 2.45. The van der Waals surface area contributed by atoms with E-state index in [-0.39, 0.29) is 28.9 Å². The van der Waals surface area contributed by atoms with Gasteiger partial charge in [-0.25, -0.2) is 0 Å². The van der Waals surface area contributed by atoms with Crippen LogP contribution in [-0.2, 0) is 9.59 Å². The van der Waals surface area contributed by atoms with Crippen LogP contribution >= 0.6 is 0 Å². The van der Waals surface area contributed by atoms with Crippen LogP contribution in [-0.4, -0.2) is 28.0 Å². The molecule has 1 fully saturated rings. The summed E-state index contributed by atoms with van der Waals surface area (Å²) in [6.45, 7) is 5.54. The standard InChI is InChI=1S/C25H23NO6/c1-14(2)31-17-11-9-16(10-12-17)23(28)21-22(20-13-8-15(3)32-20)26(25(30)24(21)29)18-6-4-5-7-19(18)27/h4-14,22,27-28H,1-3H3/b23-21-. The van der Waals surface area contributed by atoms with Gasteiger partial charge in [-0.05, 0) is 69.3 Å². The Balaban J connectivity index is 1.86. The van der Waals surface area contributed by atoms with Gasteiger partial charge >= 0.3 is 0 Å². The Morgan fingerprint density at radius 3 is 2.31 bits per heavy atom. The molecular formula is C25H23NO6. The van der Waals surface area contributed by atoms with Gasteiger partial charge in [0.2, 0.25) is 0 Å². The Labute approximate surface area is 185 Å². The number of ketones is 1. The first-order valence-corrected chi connectivity index (χ1v) is 10.2. The monoisotopic (exact) mass is 433 g/mol. The van der Waals surface area contributed by atoms with E-state index in [1.807, 2.05) is 13.8 Å². The highest BCUT2D eigenvalue weighted by atomic mass is 16.5. The molecule has 7 nitrogen and oxygen atoms in total. The number of para-hydroxylation sites is 2. The Morgan fingerprint density at radius 1 is 1.03 bits per heavy atom. The van der Waals surface area contributed by atoms with Crippen molar-refractivity contribution in [1.29, 1.82) is 0 Å². The van der Waals surface area contributed by atoms with Crippen LogP contribution in [0.15, 0.2) is 70.7 Å². The van der Waals surface area contributed by atoms with Gasteiger partial charge in [0.25, 0.3) is 11.7 Å². The number of rotatable bonds is 5. The van der Waals surface area contributed by atoms with Crippen molar-refractivity contribution in [3.63, 3.8) is 0 Å². The number of aryl methyl sites for hydroxylation is 1. The lowest BCUT2D eigenvalue weighted by Gasteiger charge is -2.24. The van der Waals surface area contributed by atoms with Crippen LogP contribution in [0.4, 0.5) is 5.69 Å². The SMILES string of the molecule is Cc1ccc(C2/C(=C(/O)c3ccc(OC(C)C)cc3)C(=O)C(=O)N2c2ccccc2O)o1. The minimum Gasteiger partial charge on any atom is -0.507 e. The molecule has 1 aromatic heterocycles. The maximum atomic E-state index is 13.1. The van der Waals surface area contributed by atoms with E-state index < -0.39 is 17.7 Å². The van der Waals surface area contributed by atoms with Crippen molar-refractivity contribution in [2.75, 3.05) is 4.90 Å². The predicted octanol–water partition coefficient (Wildman–Crippen LogP) is 4.71. The molecule has 1 saturated heterocycles. The number of furan rings is 1. The molecule has 2 N–H and O–H groups in total. The predicted molar refractivity (Wildman–Crippen MR) is 119 cm³/mol. The van der Waals surface area contributed by atoms with E-state index in [1.165, 1.54) is 12.1 Å². The van der Waals surface area contributed by atoms with Gasteiger partial charge in [-0.15, -0.1) is 0 Å². The molecule has 32 heavy (non-hydrogen) atoms. The van der Waals surface area contributed by atoms with Crippen molar-refractivity contribution < 1.29 is 29.0 Å². The van der Waals surface area contributed by atoms with Crippen LogP contribution in [0.1, 0.15) is 37.0 Å². The first-order valence-electron chi connectivity index (χ1n) is 10.2. The minimum atomic E-state index is -1.04. The quantitative estimate of drug-likeness (QED) is 0.343. The third-order valence-corrected chi connectivity index (χ3v) is 5.12. The maximum Gasteiger partial charge on any atom is 0.300 e. The molecule has 7 heteroatoms. The van der Waals surface area contributed by atoms with Crippen LogP contribution < -0.4 is 9.64 Å². The van der Waals surface area contributed by atoms with Crippen molar-refractivity contribution in [3.8, 4) is 11.5 Å². The van der Waals surface area contributed by atoms with Gasteiger partial charge in [0, 0.05) is 5.56 Å². The molecule has 1 aliphatic rings. The highest BCUT2D eigenvalue weighted by molar-refractivity contribution is 6.51. The number of phenolic OH excluding ortho intramolecular Hbond substituents is 1. The average molecular weight is 433 g/mol. The lowest BCUT2D eigenvalue weighted by atomic mass is 9.99. The zero-order valence-electron chi connectivity index (χ0n) is 17.9. The molecule has 4 rings (SSSR count). The van der Waals surface area contributed by atoms with E-state index in [2.05, 4.69) is 0 Å². The summed E-state index contributed by atoms with van der Waals surface area (Å²) >= 11 is 0. The summed E-state index contributed by atoms with van der Waals surface area (Å²) in [6, 6.07) is 15.1. The summed E-state index contributed by atoms with van der Waals surface area (Å²) in [5.41, 5.74) is 0.378. The molecule has 2 aromatic carbocycles. The number of phenols is 1. The van der Waals surface area contributed by atoms with Crippen LogP contribution in [0.25, 0.3) is 5.76 Å². The van der Waals surface area contributed by atoms with Crippen molar-refractivity contribution in [1.82, 2.24) is 0 Å². The van der Waals surface area contributed by atoms with Crippen LogP contribution in [0.5, 0.6) is 11.5 Å². The second-order valence-corrected chi connectivity index (χ2v) is 7.80. The number of anilines is 1. The molecule has 1 amide bonds. The van der Waals surface area contributed by atoms with Gasteiger partial charge in [-0.3, -0.25) is 14.5 Å². The van der Waals surface area contributed by atoms with E-state index in [0.717, 1.165) is 4.90 Å². The lowest BCUT2D eigenvalue weighted by Crippen LogP contribution is -2.29. The normalized spacial score (nSPS) is 17.9. The highest BCUT2D eigenvalue weighted by Gasteiger charge is 2.49. The van der Waals surface area contributed by atoms with Crippen molar-refractivity contribution in [2.45, 2.75) is 32.9 Å². The summed E-state index contributed by atoms with van der Waals surface area (Å²) in [7, 11) is 0. The molecule has 1 atom stereocenters. The molecule has 164 valence electrons. The second kappa shape index (κ2) is 8.26. The third kappa shape index (κ3) is 3.73. The first kappa shape index (κ1) is 21.2. The Bertz CT molecular complexity index is 1210. The first-order chi connectivity index (χ1) is 15.3. The van der Waals surface area contributed by atoms with Crippen molar-refractivity contribution in [2.24, 2.45) is 0 Å². The minimum absolute atomic E-state index is 0.0134. The number of aliphatic hydroxyl groups is 1. The Hall–Kier alpha value is -4.00. The largest absolute Gasteiger partial charge is 0.507 e. The maximum absolute atomic E-state index is 13.1. The van der Waals surface area contributed by atoms with Gasteiger partial charge in [-0.2, -0.15) is 0 Å². The Kier molecular flexibility index (Phi) is 5.48. The van der Waals surface area contributed by atoms with Crippen molar-refractivity contribution >= 4 is 23.1 Å². The number of nitrogens with zero attached hydrogens (tertiary/aromatic N) is 1. The average Bonchev–Trinajstić information content (AvgIpc) is 3.29. The van der Waals surface area contributed by atoms with E-state index >= 15 is 0 Å². The van der Waals surface area contributed by atoms with Crippen LogP contribution in [0.3, 0.4) is 0 Å². The van der Waals surface area contributed by atoms with E-state index in [9.17, 15) is 19.8 Å². The smallest absolute Gasteiger partial charge is 0.300 e. The number of hydrogen-bond donors (Lipinski definition) is 2. The zero-order valence-corrected chi connectivity index (χ0v) is 17.9. The number of carbonyl (C=O) groups excluding carboxylic acids is 2. The number of carbonyl (C=O) groups is 2. The molecule has 1 unspecified atom stereocenters. The number of amides is 1. The molecule has 2 heterocycles. The van der Waals surface area contributed by atoms with Crippen LogP contribution in [0.2, 0.25) is 0 Å². The fourth-order valence-electron chi connectivity index (χ4n) is 3.74. The van der Waals surface area contributed by atoms with Gasteiger partial charge < -0.3 is 19.4 Å². The molecule has 0 saturated carbocycles.